The monoisotopic (exact) mass is 579 g/mol. The van der Waals surface area contributed by atoms with Crippen LogP contribution in [0.15, 0.2) is 55.1 Å². The molecule has 1 aliphatic rings. The topological polar surface area (TPSA) is 114 Å². The smallest absolute Gasteiger partial charge is 0.408 e. The van der Waals surface area contributed by atoms with E-state index in [1.807, 2.05) is 63.2 Å². The van der Waals surface area contributed by atoms with Gasteiger partial charge >= 0.3 is 12.1 Å². The zero-order valence-corrected chi connectivity index (χ0v) is 25.9. The van der Waals surface area contributed by atoms with Crippen molar-refractivity contribution in [2.24, 2.45) is 11.3 Å². The van der Waals surface area contributed by atoms with Crippen molar-refractivity contribution >= 4 is 34.6 Å². The molecule has 9 nitrogen and oxygen atoms in total. The van der Waals surface area contributed by atoms with E-state index < -0.39 is 47.1 Å². The number of rotatable bonds is 9. The van der Waals surface area contributed by atoms with Gasteiger partial charge in [0.1, 0.15) is 23.7 Å². The van der Waals surface area contributed by atoms with Crippen molar-refractivity contribution in [3.63, 3.8) is 0 Å². The third-order valence-electron chi connectivity index (χ3n) is 7.30. The zero-order chi connectivity index (χ0) is 31.2. The number of carbonyl (C=O) groups excluding carboxylic acids is 4. The average Bonchev–Trinajstić information content (AvgIpc) is 3.33. The molecule has 1 saturated heterocycles. The van der Waals surface area contributed by atoms with E-state index in [1.54, 1.807) is 26.8 Å². The molecule has 0 radical (unpaired) electrons. The molecule has 3 rings (SSSR count). The van der Waals surface area contributed by atoms with Crippen molar-refractivity contribution in [3.05, 3.63) is 60.7 Å². The predicted molar refractivity (Wildman–Crippen MR) is 163 cm³/mol. The molecule has 2 aromatic rings. The number of nitrogens with zero attached hydrogens (tertiary/aromatic N) is 1. The lowest BCUT2D eigenvalue weighted by molar-refractivity contribution is -0.147. The highest BCUT2D eigenvalue weighted by Crippen LogP contribution is 2.31. The summed E-state index contributed by atoms with van der Waals surface area (Å²) in [5, 5.41) is 7.69. The second-order valence-electron chi connectivity index (χ2n) is 13.0. The first-order valence-corrected chi connectivity index (χ1v) is 14.4. The largest absolute Gasteiger partial charge is 0.467 e. The van der Waals surface area contributed by atoms with E-state index in [0.29, 0.717) is 19.4 Å². The summed E-state index contributed by atoms with van der Waals surface area (Å²) in [5.41, 5.74) is -0.548. The van der Waals surface area contributed by atoms with Gasteiger partial charge in [0.25, 0.3) is 0 Å². The molecule has 228 valence electrons. The Morgan fingerprint density at radius 2 is 1.69 bits per heavy atom. The van der Waals surface area contributed by atoms with Crippen LogP contribution in [0.1, 0.15) is 59.9 Å². The fraction of sp³-hybridized carbons (Fsp3) is 0.515. The minimum atomic E-state index is -0.947. The number of nitrogens with one attached hydrogen (secondary N) is 2. The number of methoxy groups -OCH3 is 1. The number of hydrogen-bond acceptors (Lipinski definition) is 6. The fourth-order valence-corrected chi connectivity index (χ4v) is 5.27. The van der Waals surface area contributed by atoms with Crippen LogP contribution in [0.3, 0.4) is 0 Å². The Labute approximate surface area is 249 Å². The van der Waals surface area contributed by atoms with Gasteiger partial charge in [-0.2, -0.15) is 0 Å². The predicted octanol–water partition coefficient (Wildman–Crippen LogP) is 4.77. The highest BCUT2D eigenvalue weighted by atomic mass is 16.6. The molecule has 2 aromatic carbocycles. The van der Waals surface area contributed by atoms with E-state index in [0.717, 1.165) is 16.3 Å². The number of allylic oxidation sites excluding steroid dienone is 1. The second-order valence-corrected chi connectivity index (χ2v) is 13.0. The average molecular weight is 580 g/mol. The number of hydrogen-bond donors (Lipinski definition) is 2. The highest BCUT2D eigenvalue weighted by molar-refractivity contribution is 5.94. The first kappa shape index (κ1) is 32.6. The minimum Gasteiger partial charge on any atom is -0.467 e. The molecule has 9 heteroatoms. The molecule has 3 amide bonds. The third-order valence-corrected chi connectivity index (χ3v) is 7.30. The van der Waals surface area contributed by atoms with Crippen LogP contribution in [0, 0.1) is 11.3 Å². The lowest BCUT2D eigenvalue weighted by Gasteiger charge is -2.36. The standard InChI is InChI=1S/C33H45N3O6/c1-9-12-22-19-26(36(20-22)29(38)27(32(2,3)4)35-31(40)42-33(5,6)7)28(37)34-25(30(39)41-8)18-21-15-16-23-13-10-11-14-24(23)17-21/h9-11,13-17,22,25-27H,1,12,18-20H2,2-8H3,(H,34,37)(H,35,40)/t22-,25?,26-,27+/m0/s1. The van der Waals surface area contributed by atoms with Crippen molar-refractivity contribution in [1.82, 2.24) is 15.5 Å². The van der Waals surface area contributed by atoms with Crippen LogP contribution in [0.25, 0.3) is 10.8 Å². The Hall–Kier alpha value is -3.88. The number of ether oxygens (including phenoxy) is 2. The number of carbonyl (C=O) groups is 4. The van der Waals surface area contributed by atoms with Crippen LogP contribution in [0.2, 0.25) is 0 Å². The normalized spacial score (nSPS) is 18.6. The van der Waals surface area contributed by atoms with Crippen molar-refractivity contribution in [3.8, 4) is 0 Å². The van der Waals surface area contributed by atoms with E-state index >= 15 is 0 Å². The first-order chi connectivity index (χ1) is 19.6. The lowest BCUT2D eigenvalue weighted by Crippen LogP contribution is -2.59. The highest BCUT2D eigenvalue weighted by Gasteiger charge is 2.45. The van der Waals surface area contributed by atoms with E-state index in [-0.39, 0.29) is 18.2 Å². The number of esters is 1. The summed E-state index contributed by atoms with van der Waals surface area (Å²) >= 11 is 0. The van der Waals surface area contributed by atoms with Gasteiger partial charge in [0, 0.05) is 13.0 Å². The van der Waals surface area contributed by atoms with Crippen LogP contribution < -0.4 is 10.6 Å². The van der Waals surface area contributed by atoms with Crippen molar-refractivity contribution in [1.29, 1.82) is 0 Å². The number of fused-ring (bicyclic) bond motifs is 1. The lowest BCUT2D eigenvalue weighted by atomic mass is 9.85. The van der Waals surface area contributed by atoms with Gasteiger partial charge in [-0.3, -0.25) is 9.59 Å². The second kappa shape index (κ2) is 13.4. The quantitative estimate of drug-likeness (QED) is 0.327. The Bertz CT molecular complexity index is 1310. The summed E-state index contributed by atoms with van der Waals surface area (Å²) in [7, 11) is 1.28. The van der Waals surface area contributed by atoms with E-state index in [1.165, 1.54) is 12.0 Å². The van der Waals surface area contributed by atoms with Crippen LogP contribution in [0.5, 0.6) is 0 Å². The molecule has 0 saturated carbocycles. The van der Waals surface area contributed by atoms with Crippen molar-refractivity contribution < 1.29 is 28.7 Å². The van der Waals surface area contributed by atoms with Crippen LogP contribution in [-0.2, 0) is 30.3 Å². The maximum atomic E-state index is 14.0. The SMILES string of the molecule is C=CC[C@H]1C[C@@H](C(=O)NC(Cc2ccc3ccccc3c2)C(=O)OC)N(C(=O)[C@@H](NC(=O)OC(C)(C)C)C(C)(C)C)C1. The Morgan fingerprint density at radius 3 is 2.29 bits per heavy atom. The molecule has 0 aromatic heterocycles. The van der Waals surface area contributed by atoms with Gasteiger partial charge in [0.15, 0.2) is 0 Å². The Balaban J connectivity index is 1.85. The molecule has 0 bridgehead atoms. The van der Waals surface area contributed by atoms with Gasteiger partial charge in [-0.1, -0.05) is 69.3 Å². The molecule has 0 aliphatic carbocycles. The third kappa shape index (κ3) is 8.57. The number of amides is 3. The summed E-state index contributed by atoms with van der Waals surface area (Å²) in [5.74, 6) is -1.41. The molecule has 4 atom stereocenters. The maximum Gasteiger partial charge on any atom is 0.408 e. The molecule has 42 heavy (non-hydrogen) atoms. The van der Waals surface area contributed by atoms with Crippen LogP contribution >= 0.6 is 0 Å². The van der Waals surface area contributed by atoms with Crippen molar-refractivity contribution in [2.45, 2.75) is 84.5 Å². The number of benzene rings is 2. The molecular weight excluding hydrogens is 534 g/mol. The molecule has 2 N–H and O–H groups in total. The number of likely N-dealkylation sites (tertiary alicyclic amines) is 1. The summed E-state index contributed by atoms with van der Waals surface area (Å²) in [6.07, 6.45) is 2.30. The molecule has 1 unspecified atom stereocenters. The number of alkyl carbamates (subject to hydrolysis) is 1. The maximum absolute atomic E-state index is 14.0. The minimum absolute atomic E-state index is 0.00131. The Morgan fingerprint density at radius 1 is 1.02 bits per heavy atom. The first-order valence-electron chi connectivity index (χ1n) is 14.4. The molecule has 1 fully saturated rings. The van der Waals surface area contributed by atoms with Gasteiger partial charge in [0.2, 0.25) is 11.8 Å². The van der Waals surface area contributed by atoms with E-state index in [4.69, 9.17) is 9.47 Å². The summed E-state index contributed by atoms with van der Waals surface area (Å²) in [6.45, 7) is 14.9. The Kier molecular flexibility index (Phi) is 10.4. The van der Waals surface area contributed by atoms with E-state index in [9.17, 15) is 19.2 Å². The van der Waals surface area contributed by atoms with Gasteiger partial charge in [-0.15, -0.1) is 6.58 Å². The van der Waals surface area contributed by atoms with Gasteiger partial charge in [-0.05, 0) is 61.3 Å². The molecule has 1 aliphatic heterocycles. The molecular formula is C33H45N3O6. The van der Waals surface area contributed by atoms with Crippen LogP contribution in [-0.4, -0.2) is 66.2 Å². The van der Waals surface area contributed by atoms with Crippen LogP contribution in [0.4, 0.5) is 4.79 Å². The molecule has 0 spiro atoms. The summed E-state index contributed by atoms with van der Waals surface area (Å²) in [6, 6.07) is 11.1. The van der Waals surface area contributed by atoms with Crippen molar-refractivity contribution in [2.75, 3.05) is 13.7 Å². The van der Waals surface area contributed by atoms with Gasteiger partial charge < -0.3 is 25.0 Å². The summed E-state index contributed by atoms with van der Waals surface area (Å²) in [4.78, 5) is 54.8. The van der Waals surface area contributed by atoms with Gasteiger partial charge in [-0.25, -0.2) is 9.59 Å². The van der Waals surface area contributed by atoms with E-state index in [2.05, 4.69) is 17.2 Å². The van der Waals surface area contributed by atoms with Gasteiger partial charge in [0.05, 0.1) is 7.11 Å². The molecule has 1 heterocycles. The fourth-order valence-electron chi connectivity index (χ4n) is 5.27. The zero-order valence-electron chi connectivity index (χ0n) is 25.9. The summed E-state index contributed by atoms with van der Waals surface area (Å²) < 4.78 is 10.4.